The van der Waals surface area contributed by atoms with Gasteiger partial charge in [0.05, 0.1) is 0 Å². The molecule has 1 unspecified atom stereocenters. The molecule has 0 bridgehead atoms. The minimum Gasteiger partial charge on any atom is -0.324 e. The summed E-state index contributed by atoms with van der Waals surface area (Å²) in [5.41, 5.74) is 6.96. The van der Waals surface area contributed by atoms with Gasteiger partial charge in [0, 0.05) is 6.04 Å². The molecule has 0 radical (unpaired) electrons. The van der Waals surface area contributed by atoms with Crippen molar-refractivity contribution in [2.75, 3.05) is 0 Å². The Morgan fingerprint density at radius 3 is 2.43 bits per heavy atom. The first-order chi connectivity index (χ1) is 3.30. The molecule has 40 valence electrons. The summed E-state index contributed by atoms with van der Waals surface area (Å²) in [6.45, 7) is 2.03. The summed E-state index contributed by atoms with van der Waals surface area (Å²) in [5.74, 6) is 0. The van der Waals surface area contributed by atoms with E-state index in [2.05, 4.69) is 6.08 Å². The van der Waals surface area contributed by atoms with Crippen molar-refractivity contribution in [3.63, 3.8) is 0 Å². The second-order valence-corrected chi connectivity index (χ2v) is 2.11. The van der Waals surface area contributed by atoms with Crippen molar-refractivity contribution in [1.82, 2.24) is 0 Å². The van der Waals surface area contributed by atoms with Gasteiger partial charge >= 0.3 is 0 Å². The fourth-order valence-corrected chi connectivity index (χ4v) is 0.725. The molecule has 0 spiro atoms. The van der Waals surface area contributed by atoms with E-state index in [-0.39, 0.29) is 0 Å². The maximum atomic E-state index is 5.53. The molecule has 1 heteroatoms. The highest BCUT2D eigenvalue weighted by Crippen LogP contribution is 2.19. The third kappa shape index (κ3) is 0.829. The zero-order chi connectivity index (χ0) is 5.28. The predicted octanol–water partition coefficient (Wildman–Crippen LogP) is 1.05. The van der Waals surface area contributed by atoms with Crippen molar-refractivity contribution in [2.45, 2.75) is 25.8 Å². The molecular formula is C6H11N. The van der Waals surface area contributed by atoms with Crippen molar-refractivity contribution in [3.05, 3.63) is 11.6 Å². The van der Waals surface area contributed by atoms with Crippen molar-refractivity contribution in [1.29, 1.82) is 0 Å². The Kier molecular flexibility index (Phi) is 1.15. The van der Waals surface area contributed by atoms with E-state index < -0.39 is 0 Å². The molecule has 1 rings (SSSR count). The molecular weight excluding hydrogens is 86.1 g/mol. The van der Waals surface area contributed by atoms with Crippen LogP contribution < -0.4 is 5.73 Å². The molecule has 0 saturated carbocycles. The molecule has 0 heterocycles. The third-order valence-electron chi connectivity index (χ3n) is 1.42. The Morgan fingerprint density at radius 2 is 2.43 bits per heavy atom. The van der Waals surface area contributed by atoms with Crippen LogP contribution in [-0.2, 0) is 0 Å². The van der Waals surface area contributed by atoms with E-state index in [1.54, 1.807) is 0 Å². The van der Waals surface area contributed by atoms with Gasteiger partial charge in [-0.2, -0.15) is 0 Å². The van der Waals surface area contributed by atoms with Gasteiger partial charge < -0.3 is 5.73 Å². The van der Waals surface area contributed by atoms with Crippen molar-refractivity contribution >= 4 is 0 Å². The van der Waals surface area contributed by atoms with Crippen LogP contribution in [0.3, 0.4) is 0 Å². The van der Waals surface area contributed by atoms with E-state index in [4.69, 9.17) is 5.73 Å². The van der Waals surface area contributed by atoms with Crippen molar-refractivity contribution in [2.24, 2.45) is 5.73 Å². The topological polar surface area (TPSA) is 26.0 Å². The van der Waals surface area contributed by atoms with Crippen LogP contribution in [0.2, 0.25) is 0 Å². The molecule has 0 aliphatic heterocycles. The fraction of sp³-hybridized carbons (Fsp3) is 0.667. The maximum Gasteiger partial charge on any atom is 0.0224 e. The summed E-state index contributed by atoms with van der Waals surface area (Å²) in [7, 11) is 0. The van der Waals surface area contributed by atoms with E-state index in [1.165, 1.54) is 18.4 Å². The minimum atomic E-state index is 0.314. The average molecular weight is 97.2 g/mol. The molecule has 0 aromatic carbocycles. The smallest absolute Gasteiger partial charge is 0.0224 e. The lowest BCUT2D eigenvalue weighted by Crippen LogP contribution is -2.20. The fourth-order valence-electron chi connectivity index (χ4n) is 0.725. The van der Waals surface area contributed by atoms with Gasteiger partial charge in [-0.15, -0.1) is 0 Å². The summed E-state index contributed by atoms with van der Waals surface area (Å²) < 4.78 is 0. The molecule has 1 aliphatic rings. The normalized spacial score (nSPS) is 22.9. The molecule has 2 N–H and O–H groups in total. The van der Waals surface area contributed by atoms with Crippen LogP contribution in [0.4, 0.5) is 0 Å². The lowest BCUT2D eigenvalue weighted by molar-refractivity contribution is 0.727. The first-order valence-corrected chi connectivity index (χ1v) is 2.75. The zero-order valence-corrected chi connectivity index (χ0v) is 4.65. The van der Waals surface area contributed by atoms with Gasteiger partial charge in [0.2, 0.25) is 0 Å². The molecule has 0 amide bonds. The van der Waals surface area contributed by atoms with E-state index in [1.807, 2.05) is 6.92 Å². The largest absolute Gasteiger partial charge is 0.324 e. The molecule has 0 saturated heterocycles. The lowest BCUT2D eigenvalue weighted by Gasteiger charge is -2.16. The van der Waals surface area contributed by atoms with E-state index in [0.717, 1.165) is 0 Å². The minimum absolute atomic E-state index is 0.314. The number of nitrogens with two attached hydrogens (primary N) is 1. The highest BCUT2D eigenvalue weighted by molar-refractivity contribution is 5.17. The first-order valence-electron chi connectivity index (χ1n) is 2.75. The van der Waals surface area contributed by atoms with Crippen molar-refractivity contribution < 1.29 is 0 Å². The molecule has 7 heavy (non-hydrogen) atoms. The monoisotopic (exact) mass is 97.1 g/mol. The second-order valence-electron chi connectivity index (χ2n) is 2.11. The third-order valence-corrected chi connectivity index (χ3v) is 1.42. The summed E-state index contributed by atoms with van der Waals surface area (Å²) in [4.78, 5) is 0. The summed E-state index contributed by atoms with van der Waals surface area (Å²) in [5, 5.41) is 0. The predicted molar refractivity (Wildman–Crippen MR) is 31.0 cm³/mol. The second kappa shape index (κ2) is 1.66. The van der Waals surface area contributed by atoms with Gasteiger partial charge in [-0.05, 0) is 19.8 Å². The van der Waals surface area contributed by atoms with Gasteiger partial charge in [-0.25, -0.2) is 0 Å². The summed E-state index contributed by atoms with van der Waals surface area (Å²) in [6, 6.07) is 0.314. The highest BCUT2D eigenvalue weighted by Gasteiger charge is 2.07. The summed E-state index contributed by atoms with van der Waals surface area (Å²) in [6.07, 6.45) is 4.69. The van der Waals surface area contributed by atoms with E-state index in [9.17, 15) is 0 Å². The van der Waals surface area contributed by atoms with Gasteiger partial charge in [0.25, 0.3) is 0 Å². The van der Waals surface area contributed by atoms with Gasteiger partial charge in [0.1, 0.15) is 0 Å². The molecule has 1 aliphatic carbocycles. The Labute approximate surface area is 44.2 Å². The quantitative estimate of drug-likeness (QED) is 0.486. The summed E-state index contributed by atoms with van der Waals surface area (Å²) >= 11 is 0. The number of hydrogen-bond acceptors (Lipinski definition) is 1. The van der Waals surface area contributed by atoms with Gasteiger partial charge in [-0.3, -0.25) is 0 Å². The lowest BCUT2D eigenvalue weighted by atomic mass is 9.94. The Bertz CT molecular complexity index is 92.4. The van der Waals surface area contributed by atoms with Crippen LogP contribution in [0.15, 0.2) is 11.6 Å². The van der Waals surface area contributed by atoms with Crippen molar-refractivity contribution in [3.8, 4) is 0 Å². The molecule has 0 aromatic rings. The molecule has 0 aromatic heterocycles. The van der Waals surface area contributed by atoms with E-state index >= 15 is 0 Å². The van der Waals surface area contributed by atoms with Crippen LogP contribution in [-0.4, -0.2) is 6.04 Å². The average Bonchev–Trinajstić information content (AvgIpc) is 1.23. The molecule has 1 atom stereocenters. The van der Waals surface area contributed by atoms with Crippen LogP contribution >= 0.6 is 0 Å². The van der Waals surface area contributed by atoms with E-state index in [0.29, 0.717) is 6.04 Å². The van der Waals surface area contributed by atoms with Gasteiger partial charge in [-0.1, -0.05) is 11.6 Å². The van der Waals surface area contributed by atoms with Crippen LogP contribution in [0.5, 0.6) is 0 Å². The Balaban J connectivity index is 2.40. The standard InChI is InChI=1S/C6H11N/c1-5(7)6-3-2-4-6/h3,5H,2,4,7H2,1H3. The highest BCUT2D eigenvalue weighted by atomic mass is 14.6. The Morgan fingerprint density at radius 1 is 1.86 bits per heavy atom. The van der Waals surface area contributed by atoms with Crippen LogP contribution in [0.25, 0.3) is 0 Å². The SMILES string of the molecule is CC(N)C1=CCC1. The van der Waals surface area contributed by atoms with Crippen LogP contribution in [0, 0.1) is 0 Å². The number of rotatable bonds is 1. The van der Waals surface area contributed by atoms with Crippen LogP contribution in [0.1, 0.15) is 19.8 Å². The molecule has 1 nitrogen and oxygen atoms in total. The van der Waals surface area contributed by atoms with Gasteiger partial charge in [0.15, 0.2) is 0 Å². The Hall–Kier alpha value is -0.300. The number of hydrogen-bond donors (Lipinski definition) is 1. The maximum absolute atomic E-state index is 5.53. The first kappa shape index (κ1) is 4.85. The number of allylic oxidation sites excluding steroid dienone is 1. The molecule has 0 fully saturated rings. The zero-order valence-electron chi connectivity index (χ0n) is 4.65.